The molecule has 1 aliphatic heterocycles. The summed E-state index contributed by atoms with van der Waals surface area (Å²) in [6, 6.07) is 9.54. The van der Waals surface area contributed by atoms with Gasteiger partial charge in [-0.3, -0.25) is 9.69 Å². The van der Waals surface area contributed by atoms with Gasteiger partial charge in [-0.15, -0.1) is 11.3 Å². The lowest BCUT2D eigenvalue weighted by Gasteiger charge is -2.33. The third-order valence-corrected chi connectivity index (χ3v) is 8.68. The molecule has 1 saturated heterocycles. The second-order valence-corrected chi connectivity index (χ2v) is 10.8. The third-order valence-electron chi connectivity index (χ3n) is 5.60. The zero-order chi connectivity index (χ0) is 23.6. The van der Waals surface area contributed by atoms with Gasteiger partial charge in [0.25, 0.3) is 0 Å². The molecule has 176 valence electrons. The summed E-state index contributed by atoms with van der Waals surface area (Å²) in [6.07, 6.45) is 0. The molecule has 3 aromatic rings. The number of carbonyl (C=O) groups excluding carboxylic acids is 1. The quantitative estimate of drug-likeness (QED) is 0.545. The highest BCUT2D eigenvalue weighted by atomic mass is 32.2. The summed E-state index contributed by atoms with van der Waals surface area (Å²) in [4.78, 5) is 15.8. The van der Waals surface area contributed by atoms with Gasteiger partial charge in [0.2, 0.25) is 15.9 Å². The van der Waals surface area contributed by atoms with Crippen LogP contribution in [-0.2, 0) is 14.8 Å². The summed E-state index contributed by atoms with van der Waals surface area (Å²) in [7, 11) is -3.70. The van der Waals surface area contributed by atoms with Crippen LogP contribution in [0.15, 0.2) is 51.2 Å². The number of hydrogen-bond acceptors (Lipinski definition) is 7. The normalized spacial score (nSPS) is 16.6. The van der Waals surface area contributed by atoms with Crippen LogP contribution < -0.4 is 5.32 Å². The molecule has 1 aliphatic rings. The first-order valence-electron chi connectivity index (χ1n) is 10.5. The fraction of sp³-hybridized carbons (Fsp3) is 0.364. The lowest BCUT2D eigenvalue weighted by molar-refractivity contribution is -0.123. The molecule has 1 atom stereocenters. The molecule has 0 saturated carbocycles. The van der Waals surface area contributed by atoms with Gasteiger partial charge in [-0.2, -0.15) is 4.31 Å². The smallest absolute Gasteiger partial charge is 0.248 e. The molecular formula is C22H25FN4O4S2. The van der Waals surface area contributed by atoms with E-state index in [2.05, 4.69) is 10.5 Å². The van der Waals surface area contributed by atoms with E-state index in [1.807, 2.05) is 22.4 Å². The zero-order valence-corrected chi connectivity index (χ0v) is 20.0. The van der Waals surface area contributed by atoms with Crippen molar-refractivity contribution in [2.75, 3.05) is 32.7 Å². The van der Waals surface area contributed by atoms with Gasteiger partial charge >= 0.3 is 0 Å². The lowest BCUT2D eigenvalue weighted by Crippen LogP contribution is -2.51. The van der Waals surface area contributed by atoms with Gasteiger partial charge in [0, 0.05) is 31.1 Å². The van der Waals surface area contributed by atoms with E-state index in [1.54, 1.807) is 26.0 Å². The van der Waals surface area contributed by atoms with Gasteiger partial charge in [0.1, 0.15) is 16.4 Å². The lowest BCUT2D eigenvalue weighted by atomic mass is 10.1. The van der Waals surface area contributed by atoms with Gasteiger partial charge in [0.15, 0.2) is 5.76 Å². The summed E-state index contributed by atoms with van der Waals surface area (Å²) in [5.41, 5.74) is 1.14. The van der Waals surface area contributed by atoms with Crippen molar-refractivity contribution in [2.24, 2.45) is 0 Å². The second-order valence-electron chi connectivity index (χ2n) is 7.90. The summed E-state index contributed by atoms with van der Waals surface area (Å²) in [5, 5.41) is 8.71. The Bertz CT molecular complexity index is 1180. The molecular weight excluding hydrogens is 467 g/mol. The minimum Gasteiger partial charge on any atom is -0.360 e. The van der Waals surface area contributed by atoms with E-state index < -0.39 is 10.0 Å². The van der Waals surface area contributed by atoms with Crippen LogP contribution in [0.5, 0.6) is 0 Å². The Morgan fingerprint density at radius 3 is 2.45 bits per heavy atom. The Balaban J connectivity index is 1.38. The van der Waals surface area contributed by atoms with Crippen LogP contribution in [0.2, 0.25) is 0 Å². The molecule has 0 bridgehead atoms. The van der Waals surface area contributed by atoms with Crippen molar-refractivity contribution in [1.82, 2.24) is 19.7 Å². The highest BCUT2D eigenvalue weighted by molar-refractivity contribution is 7.89. The monoisotopic (exact) mass is 492 g/mol. The van der Waals surface area contributed by atoms with Crippen LogP contribution in [0.1, 0.15) is 27.9 Å². The largest absolute Gasteiger partial charge is 0.360 e. The standard InChI is InChI=1S/C22H25FN4O4S2/c1-15-22(16(2)31-25-15)33(29,30)27-11-9-26(10-12-27)14-20(28)24-21(19-4-3-13-32-19)17-5-7-18(23)8-6-17/h3-8,13,21H,9-12,14H2,1-2H3,(H,24,28). The van der Waals surface area contributed by atoms with Crippen LogP contribution in [0.3, 0.4) is 0 Å². The molecule has 1 N–H and O–H groups in total. The maximum Gasteiger partial charge on any atom is 0.248 e. The number of hydrogen-bond donors (Lipinski definition) is 1. The Morgan fingerprint density at radius 1 is 1.18 bits per heavy atom. The molecule has 1 aromatic carbocycles. The number of amides is 1. The molecule has 0 aliphatic carbocycles. The summed E-state index contributed by atoms with van der Waals surface area (Å²) < 4.78 is 45.7. The maximum absolute atomic E-state index is 13.4. The average Bonchev–Trinajstić information content (AvgIpc) is 3.43. The van der Waals surface area contributed by atoms with Crippen molar-refractivity contribution in [2.45, 2.75) is 24.8 Å². The predicted octanol–water partition coefficient (Wildman–Crippen LogP) is 2.70. The van der Waals surface area contributed by atoms with Crippen molar-refractivity contribution < 1.29 is 22.1 Å². The van der Waals surface area contributed by atoms with Crippen molar-refractivity contribution >= 4 is 27.3 Å². The number of rotatable bonds is 7. The van der Waals surface area contributed by atoms with Gasteiger partial charge in [-0.1, -0.05) is 23.4 Å². The summed E-state index contributed by atoms with van der Waals surface area (Å²) in [6.45, 7) is 4.72. The fourth-order valence-corrected chi connectivity index (χ4v) is 6.46. The number of piperazine rings is 1. The van der Waals surface area contributed by atoms with Gasteiger partial charge in [-0.25, -0.2) is 12.8 Å². The topological polar surface area (TPSA) is 95.8 Å². The molecule has 1 amide bonds. The van der Waals surface area contributed by atoms with Crippen molar-refractivity contribution in [3.63, 3.8) is 0 Å². The van der Waals surface area contributed by atoms with Gasteiger partial charge in [-0.05, 0) is 43.0 Å². The number of nitrogens with zero attached hydrogens (tertiary/aromatic N) is 3. The number of sulfonamides is 1. The van der Waals surface area contributed by atoms with Crippen LogP contribution in [-0.4, -0.2) is 61.4 Å². The molecule has 0 radical (unpaired) electrons. The number of benzene rings is 1. The molecule has 1 unspecified atom stereocenters. The molecule has 2 aromatic heterocycles. The number of nitrogens with one attached hydrogen (secondary N) is 1. The van der Waals surface area contributed by atoms with Crippen LogP contribution >= 0.6 is 11.3 Å². The number of thiophene rings is 1. The second kappa shape index (κ2) is 9.72. The molecule has 8 nitrogen and oxygen atoms in total. The summed E-state index contributed by atoms with van der Waals surface area (Å²) in [5.74, 6) is -0.242. The molecule has 4 rings (SSSR count). The maximum atomic E-state index is 13.4. The fourth-order valence-electron chi connectivity index (χ4n) is 3.94. The first kappa shape index (κ1) is 23.6. The Kier molecular flexibility index (Phi) is 6.94. The third kappa shape index (κ3) is 5.16. The SMILES string of the molecule is Cc1noc(C)c1S(=O)(=O)N1CCN(CC(=O)NC(c2ccc(F)cc2)c2cccs2)CC1. The van der Waals surface area contributed by atoms with Crippen molar-refractivity contribution in [3.05, 3.63) is 69.5 Å². The first-order chi connectivity index (χ1) is 15.8. The molecule has 33 heavy (non-hydrogen) atoms. The molecule has 11 heteroatoms. The molecule has 3 heterocycles. The Labute approximate surface area is 196 Å². The number of carbonyl (C=O) groups is 1. The average molecular weight is 493 g/mol. The predicted molar refractivity (Wildman–Crippen MR) is 122 cm³/mol. The van der Waals surface area contributed by atoms with E-state index in [0.29, 0.717) is 18.8 Å². The minimum atomic E-state index is -3.70. The van der Waals surface area contributed by atoms with E-state index in [9.17, 15) is 17.6 Å². The van der Waals surface area contributed by atoms with Crippen molar-refractivity contribution in [3.8, 4) is 0 Å². The first-order valence-corrected chi connectivity index (χ1v) is 12.8. The highest BCUT2D eigenvalue weighted by Gasteiger charge is 2.33. The molecule has 1 fully saturated rings. The number of halogens is 1. The Hall–Kier alpha value is -2.60. The van der Waals surface area contributed by atoms with E-state index in [0.717, 1.165) is 10.4 Å². The number of aromatic nitrogens is 1. The minimum absolute atomic E-state index is 0.117. The Morgan fingerprint density at radius 2 is 1.88 bits per heavy atom. The summed E-state index contributed by atoms with van der Waals surface area (Å²) >= 11 is 1.51. The van der Waals surface area contributed by atoms with Crippen molar-refractivity contribution in [1.29, 1.82) is 0 Å². The van der Waals surface area contributed by atoms with E-state index in [-0.39, 0.29) is 48.1 Å². The number of aryl methyl sites for hydroxylation is 2. The van der Waals surface area contributed by atoms with E-state index >= 15 is 0 Å². The van der Waals surface area contributed by atoms with Crippen LogP contribution in [0.25, 0.3) is 0 Å². The van der Waals surface area contributed by atoms with Crippen LogP contribution in [0, 0.1) is 19.7 Å². The van der Waals surface area contributed by atoms with Gasteiger partial charge in [0.05, 0.1) is 12.6 Å². The van der Waals surface area contributed by atoms with E-state index in [1.165, 1.54) is 27.8 Å². The van der Waals surface area contributed by atoms with Gasteiger partial charge < -0.3 is 9.84 Å². The van der Waals surface area contributed by atoms with Crippen LogP contribution in [0.4, 0.5) is 4.39 Å². The van der Waals surface area contributed by atoms with E-state index in [4.69, 9.17) is 4.52 Å². The zero-order valence-electron chi connectivity index (χ0n) is 18.3. The molecule has 0 spiro atoms. The highest BCUT2D eigenvalue weighted by Crippen LogP contribution is 2.27.